The van der Waals surface area contributed by atoms with E-state index >= 15 is 0 Å². The van der Waals surface area contributed by atoms with Crippen LogP contribution in [0.3, 0.4) is 0 Å². The van der Waals surface area contributed by atoms with Crippen molar-refractivity contribution in [3.05, 3.63) is 53.8 Å². The van der Waals surface area contributed by atoms with Crippen LogP contribution in [0.4, 0.5) is 0 Å². The van der Waals surface area contributed by atoms with Crippen LogP contribution in [0.1, 0.15) is 50.4 Å². The lowest BCUT2D eigenvalue weighted by atomic mass is 10.0. The molecule has 2 rings (SSSR count). The Hall–Kier alpha value is -2.20. The standard InChI is InChI=1S/C22H27N/c1-7-9-20-14-21-18(6)19(8-2)12-13-22(21)23(20)15-17(5)11-10-16(3)4/h8,12-14,17H,2-3,10-11,15H2,1,4-6H3. The molecule has 0 saturated heterocycles. The normalized spacial score (nSPS) is 11.8. The van der Waals surface area contributed by atoms with Crippen LogP contribution in [0.25, 0.3) is 17.0 Å². The molecule has 1 aromatic heterocycles. The van der Waals surface area contributed by atoms with Crippen molar-refractivity contribution in [2.75, 3.05) is 0 Å². The van der Waals surface area contributed by atoms with Gasteiger partial charge in [0.1, 0.15) is 0 Å². The zero-order valence-electron chi connectivity index (χ0n) is 14.9. The van der Waals surface area contributed by atoms with Crippen LogP contribution < -0.4 is 0 Å². The van der Waals surface area contributed by atoms with E-state index in [-0.39, 0.29) is 0 Å². The molecule has 0 radical (unpaired) electrons. The fourth-order valence-corrected chi connectivity index (χ4v) is 3.04. The second kappa shape index (κ2) is 7.38. The van der Waals surface area contributed by atoms with E-state index < -0.39 is 0 Å². The van der Waals surface area contributed by atoms with Gasteiger partial charge >= 0.3 is 0 Å². The van der Waals surface area contributed by atoms with Crippen molar-refractivity contribution in [3.8, 4) is 11.8 Å². The molecule has 2 aromatic rings. The third-order valence-electron chi connectivity index (χ3n) is 4.43. The summed E-state index contributed by atoms with van der Waals surface area (Å²) in [5, 5.41) is 1.28. The molecule has 0 bridgehead atoms. The van der Waals surface area contributed by atoms with E-state index in [1.807, 2.05) is 13.0 Å². The zero-order chi connectivity index (χ0) is 17.0. The van der Waals surface area contributed by atoms with Gasteiger partial charge in [-0.3, -0.25) is 0 Å². The largest absolute Gasteiger partial charge is 0.334 e. The second-order valence-electron chi connectivity index (χ2n) is 6.53. The molecule has 0 N–H and O–H groups in total. The van der Waals surface area contributed by atoms with Gasteiger partial charge < -0.3 is 4.57 Å². The molecular formula is C22H27N. The number of hydrogen-bond acceptors (Lipinski definition) is 0. The van der Waals surface area contributed by atoms with Crippen LogP contribution in [0.15, 0.2) is 36.9 Å². The number of benzene rings is 1. The summed E-state index contributed by atoms with van der Waals surface area (Å²) >= 11 is 0. The van der Waals surface area contributed by atoms with Crippen LogP contribution in [-0.2, 0) is 6.54 Å². The smallest absolute Gasteiger partial charge is 0.0930 e. The van der Waals surface area contributed by atoms with E-state index in [0.29, 0.717) is 5.92 Å². The summed E-state index contributed by atoms with van der Waals surface area (Å²) in [6.07, 6.45) is 4.18. The first-order chi connectivity index (χ1) is 11.0. The maximum Gasteiger partial charge on any atom is 0.0930 e. The number of aryl methyl sites for hydroxylation is 1. The fourth-order valence-electron chi connectivity index (χ4n) is 3.04. The van der Waals surface area contributed by atoms with E-state index in [0.717, 1.165) is 25.1 Å². The number of nitrogens with zero attached hydrogens (tertiary/aromatic N) is 1. The lowest BCUT2D eigenvalue weighted by molar-refractivity contribution is 0.456. The molecule has 0 spiro atoms. The highest BCUT2D eigenvalue weighted by atomic mass is 15.0. The number of rotatable bonds is 6. The monoisotopic (exact) mass is 305 g/mol. The summed E-state index contributed by atoms with van der Waals surface area (Å²) in [5.41, 5.74) is 6.11. The van der Waals surface area contributed by atoms with Crippen molar-refractivity contribution in [3.63, 3.8) is 0 Å². The molecule has 0 aliphatic rings. The predicted octanol–water partition coefficient (Wildman–Crippen LogP) is 5.96. The van der Waals surface area contributed by atoms with E-state index in [9.17, 15) is 0 Å². The van der Waals surface area contributed by atoms with Crippen molar-refractivity contribution in [1.82, 2.24) is 4.57 Å². The molecule has 1 unspecified atom stereocenters. The first-order valence-corrected chi connectivity index (χ1v) is 8.30. The van der Waals surface area contributed by atoms with Gasteiger partial charge in [-0.2, -0.15) is 0 Å². The van der Waals surface area contributed by atoms with Gasteiger partial charge in [0, 0.05) is 17.4 Å². The summed E-state index contributed by atoms with van der Waals surface area (Å²) in [6, 6.07) is 6.58. The van der Waals surface area contributed by atoms with E-state index in [1.165, 1.54) is 27.6 Å². The summed E-state index contributed by atoms with van der Waals surface area (Å²) in [7, 11) is 0. The minimum absolute atomic E-state index is 0.596. The first kappa shape index (κ1) is 17.2. The van der Waals surface area contributed by atoms with E-state index in [4.69, 9.17) is 0 Å². The van der Waals surface area contributed by atoms with Crippen LogP contribution in [0.5, 0.6) is 0 Å². The molecule has 23 heavy (non-hydrogen) atoms. The predicted molar refractivity (Wildman–Crippen MR) is 103 cm³/mol. The minimum atomic E-state index is 0.596. The number of allylic oxidation sites excluding steroid dienone is 1. The Balaban J connectivity index is 2.45. The van der Waals surface area contributed by atoms with Crippen molar-refractivity contribution in [2.45, 2.75) is 47.1 Å². The molecule has 0 fully saturated rings. The Morgan fingerprint density at radius 1 is 1.39 bits per heavy atom. The van der Waals surface area contributed by atoms with Crippen LogP contribution in [-0.4, -0.2) is 4.57 Å². The van der Waals surface area contributed by atoms with Gasteiger partial charge in [-0.05, 0) is 68.7 Å². The molecule has 1 heterocycles. The summed E-state index contributed by atoms with van der Waals surface area (Å²) in [4.78, 5) is 0. The molecule has 120 valence electrons. The van der Waals surface area contributed by atoms with E-state index in [2.05, 4.69) is 68.5 Å². The van der Waals surface area contributed by atoms with Gasteiger partial charge in [0.05, 0.1) is 5.69 Å². The molecule has 0 saturated carbocycles. The lowest BCUT2D eigenvalue weighted by Gasteiger charge is -2.15. The van der Waals surface area contributed by atoms with E-state index in [1.54, 1.807) is 0 Å². The van der Waals surface area contributed by atoms with Crippen molar-refractivity contribution < 1.29 is 0 Å². The van der Waals surface area contributed by atoms with Crippen LogP contribution >= 0.6 is 0 Å². The topological polar surface area (TPSA) is 4.93 Å². The summed E-state index contributed by atoms with van der Waals surface area (Å²) in [5.74, 6) is 6.92. The number of fused-ring (bicyclic) bond motifs is 1. The summed E-state index contributed by atoms with van der Waals surface area (Å²) < 4.78 is 2.37. The van der Waals surface area contributed by atoms with Gasteiger partial charge in [0.2, 0.25) is 0 Å². The Morgan fingerprint density at radius 3 is 2.74 bits per heavy atom. The lowest BCUT2D eigenvalue weighted by Crippen LogP contribution is -2.09. The number of aromatic nitrogens is 1. The molecule has 0 amide bonds. The third-order valence-corrected chi connectivity index (χ3v) is 4.43. The molecule has 1 atom stereocenters. The Kier molecular flexibility index (Phi) is 5.50. The molecule has 1 nitrogen and oxygen atoms in total. The quantitative estimate of drug-likeness (QED) is 0.458. The molecule has 1 heteroatoms. The minimum Gasteiger partial charge on any atom is -0.334 e. The molecule has 0 aliphatic carbocycles. The van der Waals surface area contributed by atoms with Gasteiger partial charge in [0.25, 0.3) is 0 Å². The van der Waals surface area contributed by atoms with Crippen LogP contribution in [0, 0.1) is 24.7 Å². The molecule has 1 aromatic carbocycles. The number of hydrogen-bond donors (Lipinski definition) is 0. The van der Waals surface area contributed by atoms with Crippen molar-refractivity contribution in [1.29, 1.82) is 0 Å². The Morgan fingerprint density at radius 2 is 2.13 bits per heavy atom. The maximum absolute atomic E-state index is 4.01. The highest BCUT2D eigenvalue weighted by molar-refractivity contribution is 5.88. The highest BCUT2D eigenvalue weighted by Gasteiger charge is 2.13. The summed E-state index contributed by atoms with van der Waals surface area (Å²) in [6.45, 7) is 17.4. The average Bonchev–Trinajstić information content (AvgIpc) is 2.85. The Labute approximate surface area is 140 Å². The first-order valence-electron chi connectivity index (χ1n) is 8.30. The van der Waals surface area contributed by atoms with Gasteiger partial charge in [-0.15, -0.1) is 6.58 Å². The fraction of sp³-hybridized carbons (Fsp3) is 0.364. The molecular weight excluding hydrogens is 278 g/mol. The van der Waals surface area contributed by atoms with Crippen molar-refractivity contribution in [2.24, 2.45) is 5.92 Å². The van der Waals surface area contributed by atoms with Crippen molar-refractivity contribution >= 4 is 17.0 Å². The Bertz CT molecular complexity index is 793. The third kappa shape index (κ3) is 3.77. The average molecular weight is 305 g/mol. The molecule has 0 aliphatic heterocycles. The highest BCUT2D eigenvalue weighted by Crippen LogP contribution is 2.27. The van der Waals surface area contributed by atoms with Gasteiger partial charge in [-0.25, -0.2) is 0 Å². The van der Waals surface area contributed by atoms with Gasteiger partial charge in [-0.1, -0.05) is 37.1 Å². The zero-order valence-corrected chi connectivity index (χ0v) is 14.9. The maximum atomic E-state index is 4.01. The van der Waals surface area contributed by atoms with Crippen LogP contribution in [0.2, 0.25) is 0 Å². The second-order valence-corrected chi connectivity index (χ2v) is 6.53. The van der Waals surface area contributed by atoms with Gasteiger partial charge in [0.15, 0.2) is 0 Å². The SMILES string of the molecule is C=Cc1ccc2c(cc(C#CC)n2CC(C)CCC(=C)C)c1C.